The zero-order valence-corrected chi connectivity index (χ0v) is 6.82. The third kappa shape index (κ3) is 203. The molecular weight excluding hydrogens is 106 g/mol. The molecule has 0 fully saturated rings. The molecule has 42 valence electrons. The minimum absolute atomic E-state index is 0.750. The third-order valence-electron chi connectivity index (χ3n) is 0.500. The summed E-state index contributed by atoms with van der Waals surface area (Å²) in [6.07, 6.45) is 2.13. The Hall–Kier alpha value is -0.403. The second kappa shape index (κ2) is 17.5. The molecule has 0 bridgehead atoms. The van der Waals surface area contributed by atoms with Crippen LogP contribution in [0.4, 0.5) is 0 Å². The minimum Gasteiger partial charge on any atom is -0.222 e. The number of nitrogens with one attached hydrogen (secondary N) is 1. The van der Waals surface area contributed by atoms with Crippen LogP contribution in [0.2, 0.25) is 6.04 Å². The van der Waals surface area contributed by atoms with Crippen LogP contribution in [-0.4, -0.2) is 16.3 Å². The molecule has 0 rings (SSSR count). The van der Waals surface area contributed by atoms with Crippen LogP contribution in [0, 0.1) is 5.41 Å². The van der Waals surface area contributed by atoms with Crippen molar-refractivity contribution in [2.24, 2.45) is 0 Å². The summed E-state index contributed by atoms with van der Waals surface area (Å²) in [4.78, 5) is 8.35. The Morgan fingerprint density at radius 1 is 1.86 bits per heavy atom. The van der Waals surface area contributed by atoms with Gasteiger partial charge in [0, 0.05) is 10.2 Å². The van der Waals surface area contributed by atoms with E-state index in [1.54, 1.807) is 0 Å². The first-order valence-corrected chi connectivity index (χ1v) is 3.78. The van der Waals surface area contributed by atoms with Gasteiger partial charge < -0.3 is 0 Å². The fraction of sp³-hybridized carbons (Fsp3) is 0.750. The lowest BCUT2D eigenvalue weighted by atomic mass is 10.6. The van der Waals surface area contributed by atoms with Gasteiger partial charge in [-0.3, -0.25) is 0 Å². The zero-order chi connectivity index (χ0) is 6.12. The molecule has 0 atom stereocenters. The number of isocyanates is 1. The molecule has 0 amide bonds. The van der Waals surface area contributed by atoms with E-state index in [-0.39, 0.29) is 0 Å². The lowest BCUT2D eigenvalue weighted by Crippen LogP contribution is -1.55. The van der Waals surface area contributed by atoms with Gasteiger partial charge in [-0.15, -0.1) is 0 Å². The van der Waals surface area contributed by atoms with Crippen LogP contribution in [0.1, 0.15) is 13.3 Å². The smallest absolute Gasteiger partial charge is 0.222 e. The van der Waals surface area contributed by atoms with Crippen LogP contribution in [0.5, 0.6) is 0 Å². The number of hydrogen-bond acceptors (Lipinski definition) is 2. The van der Waals surface area contributed by atoms with E-state index in [1.807, 2.05) is 0 Å². The predicted molar refractivity (Wildman–Crippen MR) is 33.5 cm³/mol. The molecule has 0 aliphatic rings. The van der Waals surface area contributed by atoms with Crippen molar-refractivity contribution < 1.29 is 4.79 Å². The van der Waals surface area contributed by atoms with Gasteiger partial charge in [-0.2, -0.15) is 0 Å². The molecule has 0 unspecified atom stereocenters. The van der Waals surface area contributed by atoms with Gasteiger partial charge in [-0.1, -0.05) is 19.4 Å². The molecule has 0 radical (unpaired) electrons. The van der Waals surface area contributed by atoms with Crippen LogP contribution in [-0.2, 0) is 4.79 Å². The zero-order valence-electron chi connectivity index (χ0n) is 4.82. The van der Waals surface area contributed by atoms with Crippen LogP contribution in [0.3, 0.4) is 0 Å². The Morgan fingerprint density at radius 2 is 2.00 bits per heavy atom. The summed E-state index contributed by atoms with van der Waals surface area (Å²) in [7, 11) is 1.39. The highest BCUT2D eigenvalue weighted by Crippen LogP contribution is 1.73. The fourth-order valence-electron chi connectivity index (χ4n) is 0. The Morgan fingerprint density at radius 3 is 2.00 bits per heavy atom. The summed E-state index contributed by atoms with van der Waals surface area (Å²) in [6, 6.07) is 1.46. The summed E-state index contributed by atoms with van der Waals surface area (Å²) >= 11 is 0. The van der Waals surface area contributed by atoms with E-state index >= 15 is 0 Å². The van der Waals surface area contributed by atoms with Gasteiger partial charge in [0.1, 0.15) is 0 Å². The first-order chi connectivity index (χ1) is 3.33. The van der Waals surface area contributed by atoms with E-state index in [4.69, 9.17) is 10.2 Å². The highest BCUT2D eigenvalue weighted by atomic mass is 28.1. The summed E-state index contributed by atoms with van der Waals surface area (Å²) in [6.45, 7) is 2.22. The summed E-state index contributed by atoms with van der Waals surface area (Å²) in [5, 5.41) is 5.40. The highest BCUT2D eigenvalue weighted by Gasteiger charge is 1.57. The summed E-state index contributed by atoms with van der Waals surface area (Å²) in [5.41, 5.74) is 0. The molecule has 0 aromatic rings. The molecule has 3 heteroatoms. The molecule has 1 N–H and O–H groups in total. The van der Waals surface area contributed by atoms with E-state index < -0.39 is 0 Å². The predicted octanol–water partition coefficient (Wildman–Crippen LogP) is 0.0811. The molecular formula is C4H11NOSi. The van der Waals surface area contributed by atoms with Crippen molar-refractivity contribution in [3.63, 3.8) is 0 Å². The molecule has 0 aromatic heterocycles. The van der Waals surface area contributed by atoms with Gasteiger partial charge in [-0.25, -0.2) is 10.2 Å². The molecule has 0 spiro atoms. The lowest BCUT2D eigenvalue weighted by Gasteiger charge is -1.67. The minimum atomic E-state index is 0.750. The Labute approximate surface area is 46.9 Å². The molecule has 0 heterocycles. The normalized spacial score (nSPS) is 5.86. The maximum Gasteiger partial charge on any atom is 0.231 e. The van der Waals surface area contributed by atoms with Crippen molar-refractivity contribution in [3.8, 4) is 0 Å². The van der Waals surface area contributed by atoms with Crippen molar-refractivity contribution in [3.05, 3.63) is 0 Å². The standard InChI is InChI=1S/C3H10Si.CHNO/c1-2-3-4;2-1-3/h2-3H2,1,4H3;2H. The van der Waals surface area contributed by atoms with Crippen molar-refractivity contribution in [1.29, 1.82) is 5.41 Å². The lowest BCUT2D eigenvalue weighted by molar-refractivity contribution is 0.563. The third-order valence-corrected chi connectivity index (χ3v) is 1.50. The van der Waals surface area contributed by atoms with Crippen LogP contribution in [0.15, 0.2) is 0 Å². The van der Waals surface area contributed by atoms with Gasteiger partial charge in [0.05, 0.1) is 0 Å². The monoisotopic (exact) mass is 117 g/mol. The van der Waals surface area contributed by atoms with Gasteiger partial charge >= 0.3 is 0 Å². The number of carbonyl (C=O) groups excluding carboxylic acids is 1. The molecule has 0 aliphatic heterocycles. The van der Waals surface area contributed by atoms with E-state index in [0.29, 0.717) is 0 Å². The average molecular weight is 117 g/mol. The molecule has 2 nitrogen and oxygen atoms in total. The van der Waals surface area contributed by atoms with Crippen molar-refractivity contribution in [1.82, 2.24) is 0 Å². The van der Waals surface area contributed by atoms with E-state index in [9.17, 15) is 0 Å². The quantitative estimate of drug-likeness (QED) is 0.295. The maximum atomic E-state index is 8.35. The Kier molecular flexibility index (Phi) is 24.5. The van der Waals surface area contributed by atoms with Gasteiger partial charge in [0.2, 0.25) is 6.08 Å². The second-order valence-corrected chi connectivity index (χ2v) is 2.10. The van der Waals surface area contributed by atoms with Crippen LogP contribution >= 0.6 is 0 Å². The molecule has 0 aliphatic carbocycles. The number of rotatable bonds is 1. The highest BCUT2D eigenvalue weighted by molar-refractivity contribution is 6.08. The number of hydrogen-bond donors (Lipinski definition) is 1. The Bertz CT molecular complexity index is 47.7. The van der Waals surface area contributed by atoms with E-state index in [2.05, 4.69) is 6.92 Å². The van der Waals surface area contributed by atoms with Crippen LogP contribution in [0.25, 0.3) is 0 Å². The van der Waals surface area contributed by atoms with E-state index in [1.165, 1.54) is 22.7 Å². The largest absolute Gasteiger partial charge is 0.231 e. The SMILES string of the molecule is CCC[SiH3].N=C=O. The first kappa shape index (κ1) is 9.78. The Balaban J connectivity index is 0. The topological polar surface area (TPSA) is 40.9 Å². The maximum absolute atomic E-state index is 8.35. The van der Waals surface area contributed by atoms with E-state index in [0.717, 1.165) is 6.08 Å². The summed E-state index contributed by atoms with van der Waals surface area (Å²) < 4.78 is 0. The average Bonchev–Trinajstić information content (AvgIpc) is 1.69. The molecule has 0 saturated heterocycles. The molecule has 0 aromatic carbocycles. The fourth-order valence-corrected chi connectivity index (χ4v) is 0. The first-order valence-electron chi connectivity index (χ1n) is 2.37. The van der Waals surface area contributed by atoms with Crippen LogP contribution < -0.4 is 0 Å². The van der Waals surface area contributed by atoms with Crippen molar-refractivity contribution >= 4 is 16.3 Å². The summed E-state index contributed by atoms with van der Waals surface area (Å²) in [5.74, 6) is 0. The van der Waals surface area contributed by atoms with Crippen molar-refractivity contribution in [2.75, 3.05) is 0 Å². The van der Waals surface area contributed by atoms with Gasteiger partial charge in [0.15, 0.2) is 0 Å². The van der Waals surface area contributed by atoms with Gasteiger partial charge in [0.25, 0.3) is 0 Å². The van der Waals surface area contributed by atoms with Crippen molar-refractivity contribution in [2.45, 2.75) is 19.4 Å². The second-order valence-electron chi connectivity index (χ2n) is 1.10. The molecule has 0 saturated carbocycles. The van der Waals surface area contributed by atoms with Gasteiger partial charge in [-0.05, 0) is 0 Å². The molecule has 7 heavy (non-hydrogen) atoms.